The van der Waals surface area contributed by atoms with Gasteiger partial charge in [0.05, 0.1) is 39.5 Å². The lowest BCUT2D eigenvalue weighted by Crippen LogP contribution is -2.53. The van der Waals surface area contributed by atoms with Crippen LogP contribution in [-0.2, 0) is 24.6 Å². The topological polar surface area (TPSA) is 150 Å². The second-order valence-corrected chi connectivity index (χ2v) is 14.8. The summed E-state index contributed by atoms with van der Waals surface area (Å²) in [6.45, 7) is 0. The first kappa shape index (κ1) is 34.4. The molecule has 2 aliphatic carbocycles. The maximum Gasteiger partial charge on any atom is 0.271 e. The van der Waals surface area contributed by atoms with Crippen molar-refractivity contribution < 1.29 is 33.6 Å². The molecule has 6 atom stereocenters. The molecule has 0 bridgehead atoms. The lowest BCUT2D eigenvalue weighted by molar-refractivity contribution is -0.384. The highest BCUT2D eigenvalue weighted by molar-refractivity contribution is 6.30. The summed E-state index contributed by atoms with van der Waals surface area (Å²) >= 11 is 6.39. The molecule has 1 saturated carbocycles. The largest absolute Gasteiger partial charge is 0.508 e. The Labute approximate surface area is 317 Å². The molecule has 2 heterocycles. The van der Waals surface area contributed by atoms with E-state index >= 15 is 4.79 Å². The van der Waals surface area contributed by atoms with Gasteiger partial charge in [-0.05, 0) is 83.6 Å². The van der Waals surface area contributed by atoms with Gasteiger partial charge in [-0.25, -0.2) is 9.29 Å². The van der Waals surface area contributed by atoms with Gasteiger partial charge in [0.2, 0.25) is 11.8 Å². The van der Waals surface area contributed by atoms with Crippen LogP contribution < -0.4 is 10.3 Å². The number of carbonyl (C=O) groups excluding carboxylic acids is 4. The van der Waals surface area contributed by atoms with Crippen molar-refractivity contribution in [2.75, 3.05) is 10.3 Å². The average molecular weight is 757 g/mol. The van der Waals surface area contributed by atoms with Gasteiger partial charge in [0, 0.05) is 28.6 Å². The molecule has 5 aromatic carbocycles. The molecule has 11 nitrogen and oxygen atoms in total. The second kappa shape index (κ2) is 12.6. The molecule has 0 radical (unpaired) electrons. The van der Waals surface area contributed by atoms with Crippen LogP contribution in [0.3, 0.4) is 0 Å². The summed E-state index contributed by atoms with van der Waals surface area (Å²) in [6.07, 6.45) is 1.95. The third-order valence-electron chi connectivity index (χ3n) is 11.8. The zero-order valence-corrected chi connectivity index (χ0v) is 29.5. The Morgan fingerprint density at radius 1 is 0.855 bits per heavy atom. The second-order valence-electron chi connectivity index (χ2n) is 14.4. The van der Waals surface area contributed by atoms with Crippen LogP contribution in [-0.4, -0.2) is 38.7 Å². The maximum atomic E-state index is 15.4. The Kier molecular flexibility index (Phi) is 7.87. The number of hydrogen-bond acceptors (Lipinski definition) is 8. The number of rotatable bonds is 6. The predicted molar refractivity (Wildman–Crippen MR) is 200 cm³/mol. The van der Waals surface area contributed by atoms with Crippen molar-refractivity contribution in [2.45, 2.75) is 24.2 Å². The molecule has 0 aromatic heterocycles. The van der Waals surface area contributed by atoms with Crippen molar-refractivity contribution in [1.82, 2.24) is 5.01 Å². The molecule has 0 spiro atoms. The van der Waals surface area contributed by atoms with E-state index in [1.54, 1.807) is 36.4 Å². The van der Waals surface area contributed by atoms with Gasteiger partial charge in [0.1, 0.15) is 11.6 Å². The molecule has 3 fully saturated rings. The molecule has 4 amide bonds. The van der Waals surface area contributed by atoms with Crippen molar-refractivity contribution >= 4 is 63.1 Å². The maximum absolute atomic E-state index is 15.4. The highest BCUT2D eigenvalue weighted by Gasteiger charge is 2.71. The summed E-state index contributed by atoms with van der Waals surface area (Å²) in [5.74, 6) is -7.69. The minimum absolute atomic E-state index is 0.0222. The number of nitro benzene ring substituents is 1. The molecule has 0 unspecified atom stereocenters. The number of hydrazine groups is 1. The van der Waals surface area contributed by atoms with Crippen LogP contribution in [0.15, 0.2) is 121 Å². The number of allylic oxidation sites excluding steroid dienone is 2. The summed E-state index contributed by atoms with van der Waals surface area (Å²) in [7, 11) is 0. The molecule has 9 rings (SSSR count). The lowest BCUT2D eigenvalue weighted by atomic mass is 9.48. The van der Waals surface area contributed by atoms with Crippen molar-refractivity contribution in [3.63, 3.8) is 0 Å². The molecular formula is C42H30ClFN4O7. The van der Waals surface area contributed by atoms with Crippen LogP contribution in [0.4, 0.5) is 21.5 Å². The monoisotopic (exact) mass is 756 g/mol. The van der Waals surface area contributed by atoms with E-state index in [0.717, 1.165) is 15.3 Å². The Morgan fingerprint density at radius 2 is 1.60 bits per heavy atom. The SMILES string of the molecule is O=C1[C@@H]2C[C@@H]3C(=CC[C@@H]4C(=O)N(c5cccc([N+](=O)[O-])c5)C(=O)[C@@H]43)[C@H](c3c(O)ccc4ccccc34)[C@]2(c2ccc(Cl)cc2)C(=O)N1Nc1ccc(F)cc1. The van der Waals surface area contributed by atoms with Crippen LogP contribution in [0.25, 0.3) is 10.8 Å². The summed E-state index contributed by atoms with van der Waals surface area (Å²) in [4.78, 5) is 71.1. The number of amides is 4. The number of nitrogens with one attached hydrogen (secondary N) is 1. The Morgan fingerprint density at radius 3 is 2.35 bits per heavy atom. The zero-order chi connectivity index (χ0) is 38.3. The third kappa shape index (κ3) is 5.01. The molecule has 4 aliphatic rings. The van der Waals surface area contributed by atoms with E-state index in [1.807, 2.05) is 30.3 Å². The zero-order valence-electron chi connectivity index (χ0n) is 28.8. The highest BCUT2D eigenvalue weighted by atomic mass is 35.5. The molecule has 55 heavy (non-hydrogen) atoms. The standard InChI is InChI=1S/C42H30ClFN4O7/c43-24-11-9-23(10-12-24)42-33(39(51)47(41(42)53)45-26-15-13-25(44)14-16-26)21-32-30(37(42)36-29-7-2-1-4-22(29)8-19-34(36)49)17-18-31-35(32)40(52)46(38(31)50)27-5-3-6-28(20-27)48(54)55/h1-17,19-20,31-33,35,37,45,49H,18,21H2/t31-,32+,33-,35-,37+,42+/m0/s1. The van der Waals surface area contributed by atoms with Crippen LogP contribution in [0.5, 0.6) is 5.75 Å². The minimum atomic E-state index is -1.70. The fourth-order valence-corrected chi connectivity index (χ4v) is 9.68. The smallest absolute Gasteiger partial charge is 0.271 e. The van der Waals surface area contributed by atoms with E-state index in [1.165, 1.54) is 48.5 Å². The summed E-state index contributed by atoms with van der Waals surface area (Å²) in [6, 6.07) is 27.8. The van der Waals surface area contributed by atoms with E-state index in [0.29, 0.717) is 27.1 Å². The van der Waals surface area contributed by atoms with Gasteiger partial charge >= 0.3 is 0 Å². The Hall–Kier alpha value is -6.40. The fourth-order valence-electron chi connectivity index (χ4n) is 9.56. The molecule has 13 heteroatoms. The summed E-state index contributed by atoms with van der Waals surface area (Å²) in [5.41, 5.74) is 2.72. The first-order valence-corrected chi connectivity index (χ1v) is 18.1. The van der Waals surface area contributed by atoms with E-state index in [9.17, 15) is 34.0 Å². The van der Waals surface area contributed by atoms with Gasteiger partial charge in [0.15, 0.2) is 0 Å². The van der Waals surface area contributed by atoms with Gasteiger partial charge in [-0.3, -0.25) is 34.7 Å². The number of fused-ring (bicyclic) bond motifs is 5. The molecule has 2 saturated heterocycles. The number of anilines is 2. The molecular weight excluding hydrogens is 727 g/mol. The lowest BCUT2D eigenvalue weighted by Gasteiger charge is -2.51. The first-order chi connectivity index (χ1) is 26.5. The minimum Gasteiger partial charge on any atom is -0.508 e. The highest BCUT2D eigenvalue weighted by Crippen LogP contribution is 2.65. The molecule has 274 valence electrons. The van der Waals surface area contributed by atoms with Gasteiger partial charge in [-0.1, -0.05) is 71.8 Å². The number of phenols is 1. The number of phenolic OH excluding ortho intramolecular Hbond substituents is 1. The number of nitrogens with zero attached hydrogens (tertiary/aromatic N) is 3. The van der Waals surface area contributed by atoms with Crippen molar-refractivity contribution in [3.05, 3.63) is 153 Å². The number of nitro groups is 1. The number of non-ortho nitro benzene ring substituents is 1. The van der Waals surface area contributed by atoms with E-state index < -0.39 is 69.4 Å². The van der Waals surface area contributed by atoms with Crippen molar-refractivity contribution in [2.24, 2.45) is 23.7 Å². The first-order valence-electron chi connectivity index (χ1n) is 17.7. The van der Waals surface area contributed by atoms with Gasteiger partial charge in [-0.2, -0.15) is 5.01 Å². The predicted octanol–water partition coefficient (Wildman–Crippen LogP) is 7.44. The summed E-state index contributed by atoms with van der Waals surface area (Å²) < 4.78 is 13.9. The fraction of sp³-hybridized carbons (Fsp3) is 0.190. The number of carbonyl (C=O) groups is 4. The van der Waals surface area contributed by atoms with Gasteiger partial charge in [-0.15, -0.1) is 0 Å². The number of imide groups is 2. The van der Waals surface area contributed by atoms with Crippen LogP contribution in [0, 0.1) is 39.6 Å². The summed E-state index contributed by atoms with van der Waals surface area (Å²) in [5, 5.41) is 26.3. The van der Waals surface area contributed by atoms with Crippen LogP contribution >= 0.6 is 11.6 Å². The third-order valence-corrected chi connectivity index (χ3v) is 12.0. The number of hydrogen-bond donors (Lipinski definition) is 2. The normalized spacial score (nSPS) is 25.8. The van der Waals surface area contributed by atoms with Crippen LogP contribution in [0.1, 0.15) is 29.9 Å². The van der Waals surface area contributed by atoms with Gasteiger partial charge < -0.3 is 5.11 Å². The Bertz CT molecular complexity index is 2530. The molecule has 2 aliphatic heterocycles. The quantitative estimate of drug-likeness (QED) is 0.0786. The Balaban J connectivity index is 1.27. The number of halogens is 2. The van der Waals surface area contributed by atoms with Crippen molar-refractivity contribution in [3.8, 4) is 5.75 Å². The van der Waals surface area contributed by atoms with Crippen molar-refractivity contribution in [1.29, 1.82) is 0 Å². The average Bonchev–Trinajstić information content (AvgIpc) is 3.57. The van der Waals surface area contributed by atoms with E-state index in [-0.39, 0.29) is 35.7 Å². The van der Waals surface area contributed by atoms with Crippen LogP contribution in [0.2, 0.25) is 5.02 Å². The number of aromatic hydroxyl groups is 1. The van der Waals surface area contributed by atoms with E-state index in [2.05, 4.69) is 5.43 Å². The van der Waals surface area contributed by atoms with Gasteiger partial charge in [0.25, 0.3) is 17.5 Å². The molecule has 5 aromatic rings. The van der Waals surface area contributed by atoms with E-state index in [4.69, 9.17) is 11.6 Å². The molecule has 2 N–H and O–H groups in total. The number of benzene rings is 5.